The van der Waals surface area contributed by atoms with Crippen molar-refractivity contribution in [3.05, 3.63) is 34.6 Å². The number of rotatable bonds is 4. The molecule has 2 nitrogen and oxygen atoms in total. The summed E-state index contributed by atoms with van der Waals surface area (Å²) >= 11 is 5.73. The van der Waals surface area contributed by atoms with Gasteiger partial charge in [0.15, 0.2) is 0 Å². The molecule has 1 aliphatic rings. The van der Waals surface area contributed by atoms with Gasteiger partial charge in [-0.15, -0.1) is 0 Å². The van der Waals surface area contributed by atoms with Crippen molar-refractivity contribution in [1.29, 1.82) is 0 Å². The van der Waals surface area contributed by atoms with Crippen LogP contribution in [0.2, 0.25) is 5.02 Å². The Morgan fingerprint density at radius 2 is 2.06 bits per heavy atom. The zero-order valence-corrected chi connectivity index (χ0v) is 11.3. The highest BCUT2D eigenvalue weighted by atomic mass is 35.5. The van der Waals surface area contributed by atoms with Crippen molar-refractivity contribution in [1.82, 2.24) is 5.32 Å². The number of halogens is 2. The third-order valence-electron chi connectivity index (χ3n) is 3.55. The Labute approximate surface area is 112 Å². The molecule has 0 aliphatic heterocycles. The molecule has 0 aromatic heterocycles. The van der Waals surface area contributed by atoms with Crippen LogP contribution in [-0.4, -0.2) is 19.2 Å². The number of nitrogens with one attached hydrogen (secondary N) is 1. The van der Waals surface area contributed by atoms with Crippen LogP contribution in [0.15, 0.2) is 18.2 Å². The number of hydrogen-bond acceptors (Lipinski definition) is 2. The smallest absolute Gasteiger partial charge is 0.141 e. The van der Waals surface area contributed by atoms with Crippen molar-refractivity contribution in [3.8, 4) is 0 Å². The fourth-order valence-corrected chi connectivity index (χ4v) is 2.56. The molecular formula is C14H19ClFNO. The number of benzene rings is 1. The van der Waals surface area contributed by atoms with Crippen LogP contribution in [0.4, 0.5) is 4.39 Å². The first-order valence-corrected chi connectivity index (χ1v) is 6.79. The summed E-state index contributed by atoms with van der Waals surface area (Å²) in [4.78, 5) is 0. The molecule has 1 fully saturated rings. The minimum absolute atomic E-state index is 0.162. The lowest BCUT2D eigenvalue weighted by Crippen LogP contribution is -2.32. The summed E-state index contributed by atoms with van der Waals surface area (Å²) < 4.78 is 18.8. The topological polar surface area (TPSA) is 21.3 Å². The highest BCUT2D eigenvalue weighted by Crippen LogP contribution is 2.23. The largest absolute Gasteiger partial charge is 0.374 e. The quantitative estimate of drug-likeness (QED) is 0.905. The highest BCUT2D eigenvalue weighted by molar-refractivity contribution is 6.30. The van der Waals surface area contributed by atoms with E-state index in [0.717, 1.165) is 31.2 Å². The van der Waals surface area contributed by atoms with E-state index in [2.05, 4.69) is 5.32 Å². The summed E-state index contributed by atoms with van der Waals surface area (Å²) in [6.07, 6.45) is 4.80. The van der Waals surface area contributed by atoms with Crippen molar-refractivity contribution in [2.45, 2.75) is 44.4 Å². The minimum atomic E-state index is -0.380. The Morgan fingerprint density at radius 1 is 1.33 bits per heavy atom. The van der Waals surface area contributed by atoms with Gasteiger partial charge in [0.05, 0.1) is 17.7 Å². The Balaban J connectivity index is 1.79. The summed E-state index contributed by atoms with van der Waals surface area (Å²) in [5.41, 5.74) is 0.928. The molecule has 0 unspecified atom stereocenters. The average molecular weight is 272 g/mol. The zero-order chi connectivity index (χ0) is 13.0. The lowest BCUT2D eigenvalue weighted by atomic mass is 9.93. The zero-order valence-electron chi connectivity index (χ0n) is 10.6. The van der Waals surface area contributed by atoms with Crippen molar-refractivity contribution in [3.63, 3.8) is 0 Å². The SMILES string of the molecule is CNC1CCC(OCc2ccc(F)c(Cl)c2)CC1. The standard InChI is InChI=1S/C14H19ClFNO/c1-17-11-3-5-12(6-4-11)18-9-10-2-7-14(16)13(15)8-10/h2,7-8,11-12,17H,3-6,9H2,1H3. The molecule has 100 valence electrons. The van der Waals surface area contributed by atoms with Crippen LogP contribution in [0.3, 0.4) is 0 Å². The van der Waals surface area contributed by atoms with Crippen LogP contribution < -0.4 is 5.32 Å². The van der Waals surface area contributed by atoms with E-state index in [1.165, 1.54) is 6.07 Å². The molecule has 0 bridgehead atoms. The molecule has 1 aromatic carbocycles. The van der Waals surface area contributed by atoms with Gasteiger partial charge >= 0.3 is 0 Å². The summed E-state index contributed by atoms with van der Waals surface area (Å²) in [5, 5.41) is 3.46. The first kappa shape index (κ1) is 13.8. The van der Waals surface area contributed by atoms with Crippen molar-refractivity contribution in [2.24, 2.45) is 0 Å². The first-order valence-electron chi connectivity index (χ1n) is 6.42. The summed E-state index contributed by atoms with van der Waals surface area (Å²) in [6, 6.07) is 5.38. The maximum absolute atomic E-state index is 13.0. The predicted octanol–water partition coefficient (Wildman–Crippen LogP) is 3.53. The Kier molecular flexibility index (Phi) is 4.98. The second-order valence-corrected chi connectivity index (χ2v) is 5.23. The molecule has 1 saturated carbocycles. The van der Waals surface area contributed by atoms with E-state index < -0.39 is 0 Å². The maximum atomic E-state index is 13.0. The fraction of sp³-hybridized carbons (Fsp3) is 0.571. The van der Waals surface area contributed by atoms with Crippen LogP contribution in [-0.2, 0) is 11.3 Å². The normalized spacial score (nSPS) is 24.2. The van der Waals surface area contributed by atoms with E-state index in [4.69, 9.17) is 16.3 Å². The molecule has 0 spiro atoms. The molecule has 1 aromatic rings. The Bertz CT molecular complexity index is 391. The third kappa shape index (κ3) is 3.67. The second kappa shape index (κ2) is 6.50. The number of ether oxygens (including phenoxy) is 1. The lowest BCUT2D eigenvalue weighted by molar-refractivity contribution is 0.0118. The molecule has 0 radical (unpaired) electrons. The monoisotopic (exact) mass is 271 g/mol. The van der Waals surface area contributed by atoms with Crippen LogP contribution in [0.25, 0.3) is 0 Å². The van der Waals surface area contributed by atoms with E-state index in [-0.39, 0.29) is 10.8 Å². The Morgan fingerprint density at radius 3 is 2.67 bits per heavy atom. The van der Waals surface area contributed by atoms with Gasteiger partial charge in [0.25, 0.3) is 0 Å². The van der Waals surface area contributed by atoms with Gasteiger partial charge in [-0.1, -0.05) is 17.7 Å². The lowest BCUT2D eigenvalue weighted by Gasteiger charge is -2.28. The van der Waals surface area contributed by atoms with Crippen molar-refractivity contribution in [2.75, 3.05) is 7.05 Å². The van der Waals surface area contributed by atoms with Crippen molar-refractivity contribution < 1.29 is 9.13 Å². The van der Waals surface area contributed by atoms with E-state index >= 15 is 0 Å². The first-order chi connectivity index (χ1) is 8.69. The molecule has 4 heteroatoms. The van der Waals surface area contributed by atoms with E-state index in [0.29, 0.717) is 18.8 Å². The second-order valence-electron chi connectivity index (χ2n) is 4.82. The van der Waals surface area contributed by atoms with Crippen LogP contribution in [0, 0.1) is 5.82 Å². The fourth-order valence-electron chi connectivity index (χ4n) is 2.36. The molecule has 1 aliphatic carbocycles. The molecule has 0 amide bonds. The van der Waals surface area contributed by atoms with Gasteiger partial charge in [-0.05, 0) is 50.4 Å². The molecule has 2 rings (SSSR count). The molecule has 18 heavy (non-hydrogen) atoms. The predicted molar refractivity (Wildman–Crippen MR) is 71.3 cm³/mol. The molecular weight excluding hydrogens is 253 g/mol. The van der Waals surface area contributed by atoms with Gasteiger partial charge in [0.2, 0.25) is 0 Å². The van der Waals surface area contributed by atoms with Gasteiger partial charge in [-0.2, -0.15) is 0 Å². The van der Waals surface area contributed by atoms with Crippen LogP contribution in [0.1, 0.15) is 31.2 Å². The molecule has 0 atom stereocenters. The van der Waals surface area contributed by atoms with Crippen molar-refractivity contribution >= 4 is 11.6 Å². The van der Waals surface area contributed by atoms with Gasteiger partial charge in [0.1, 0.15) is 5.82 Å². The number of hydrogen-bond donors (Lipinski definition) is 1. The van der Waals surface area contributed by atoms with E-state index in [1.807, 2.05) is 7.05 Å². The molecule has 0 saturated heterocycles. The van der Waals surface area contributed by atoms with Gasteiger partial charge in [-0.3, -0.25) is 0 Å². The highest BCUT2D eigenvalue weighted by Gasteiger charge is 2.20. The van der Waals surface area contributed by atoms with Gasteiger partial charge in [0, 0.05) is 6.04 Å². The maximum Gasteiger partial charge on any atom is 0.141 e. The van der Waals surface area contributed by atoms with Gasteiger partial charge < -0.3 is 10.1 Å². The summed E-state index contributed by atoms with van der Waals surface area (Å²) in [7, 11) is 2.01. The molecule has 1 N–H and O–H groups in total. The third-order valence-corrected chi connectivity index (χ3v) is 3.84. The summed E-state index contributed by atoms with van der Waals surface area (Å²) in [5.74, 6) is -0.380. The van der Waals surface area contributed by atoms with E-state index in [9.17, 15) is 4.39 Å². The average Bonchev–Trinajstić information content (AvgIpc) is 2.41. The van der Waals surface area contributed by atoms with Crippen LogP contribution >= 0.6 is 11.6 Å². The van der Waals surface area contributed by atoms with Gasteiger partial charge in [-0.25, -0.2) is 4.39 Å². The minimum Gasteiger partial charge on any atom is -0.374 e. The van der Waals surface area contributed by atoms with Crippen LogP contribution in [0.5, 0.6) is 0 Å². The summed E-state index contributed by atoms with van der Waals surface area (Å²) in [6.45, 7) is 0.509. The molecule has 0 heterocycles. The van der Waals surface area contributed by atoms with E-state index in [1.54, 1.807) is 12.1 Å². The Hall–Kier alpha value is -0.640.